The van der Waals surface area contributed by atoms with Crippen molar-refractivity contribution < 1.29 is 14.3 Å². The van der Waals surface area contributed by atoms with Crippen molar-refractivity contribution in [1.82, 2.24) is 24.5 Å². The van der Waals surface area contributed by atoms with Gasteiger partial charge in [0.05, 0.1) is 24.5 Å². The first-order valence-corrected chi connectivity index (χ1v) is 12.2. The Morgan fingerprint density at radius 3 is 2.73 bits per heavy atom. The molecule has 5 aromatic rings. The topological polar surface area (TPSA) is 113 Å². The summed E-state index contributed by atoms with van der Waals surface area (Å²) in [6, 6.07) is 14.0. The van der Waals surface area contributed by atoms with Crippen LogP contribution in [-0.2, 0) is 6.42 Å². The molecule has 4 heterocycles. The molecule has 0 fully saturated rings. The highest BCUT2D eigenvalue weighted by Crippen LogP contribution is 2.31. The van der Waals surface area contributed by atoms with Crippen LogP contribution in [0.5, 0.6) is 11.5 Å². The van der Waals surface area contributed by atoms with Crippen molar-refractivity contribution in [3.05, 3.63) is 81.4 Å². The second-order valence-corrected chi connectivity index (χ2v) is 8.94. The Labute approximate surface area is 215 Å². The van der Waals surface area contributed by atoms with Crippen molar-refractivity contribution in [2.75, 3.05) is 18.6 Å². The molecule has 0 radical (unpaired) electrons. The van der Waals surface area contributed by atoms with Crippen LogP contribution in [-0.4, -0.2) is 43.6 Å². The van der Waals surface area contributed by atoms with Gasteiger partial charge in [0.15, 0.2) is 22.7 Å². The highest BCUT2D eigenvalue weighted by Gasteiger charge is 2.20. The molecule has 0 saturated carbocycles. The third kappa shape index (κ3) is 4.05. The molecule has 1 aliphatic rings. The molecular formula is C26H21ClN6O4. The van der Waals surface area contributed by atoms with Crippen LogP contribution in [0, 0.1) is 0 Å². The maximum Gasteiger partial charge on any atom is 0.299 e. The van der Waals surface area contributed by atoms with Gasteiger partial charge >= 0.3 is 0 Å². The zero-order chi connectivity index (χ0) is 25.5. The fourth-order valence-electron chi connectivity index (χ4n) is 4.34. The van der Waals surface area contributed by atoms with Crippen molar-refractivity contribution >= 4 is 34.2 Å². The molecule has 1 aliphatic heterocycles. The minimum absolute atomic E-state index is 0.0664. The summed E-state index contributed by atoms with van der Waals surface area (Å²) in [5, 5.41) is 13.8. The summed E-state index contributed by atoms with van der Waals surface area (Å²) >= 11 is 6.21. The summed E-state index contributed by atoms with van der Waals surface area (Å²) in [7, 11) is 0. The number of ether oxygens (including phenoxy) is 2. The predicted octanol–water partition coefficient (Wildman–Crippen LogP) is 3.87. The number of amides is 1. The molecule has 1 amide bonds. The van der Waals surface area contributed by atoms with Crippen LogP contribution >= 0.6 is 11.6 Å². The number of carbonyl (C=O) groups excluding carboxylic acids is 1. The number of rotatable bonds is 4. The monoisotopic (exact) mass is 516 g/mol. The predicted molar refractivity (Wildman–Crippen MR) is 138 cm³/mol. The number of fused-ring (bicyclic) bond motifs is 4. The zero-order valence-corrected chi connectivity index (χ0v) is 20.5. The number of nitrogens with zero attached hydrogens (tertiary/aromatic N) is 5. The van der Waals surface area contributed by atoms with Crippen LogP contribution in [0.3, 0.4) is 0 Å². The maximum atomic E-state index is 13.2. The van der Waals surface area contributed by atoms with Gasteiger partial charge in [0.2, 0.25) is 0 Å². The Morgan fingerprint density at radius 1 is 1.08 bits per heavy atom. The van der Waals surface area contributed by atoms with Crippen molar-refractivity contribution in [3.8, 4) is 22.6 Å². The third-order valence-corrected chi connectivity index (χ3v) is 6.37. The summed E-state index contributed by atoms with van der Waals surface area (Å²) in [5.41, 5.74) is 5.92. The number of aromatic nitrogens is 5. The van der Waals surface area contributed by atoms with Gasteiger partial charge in [-0.2, -0.15) is 5.10 Å². The van der Waals surface area contributed by atoms with Crippen LogP contribution in [0.15, 0.2) is 59.5 Å². The fourth-order valence-corrected chi connectivity index (χ4v) is 4.54. The number of hydrogen-bond acceptors (Lipinski definition) is 7. The minimum Gasteiger partial charge on any atom is -0.490 e. The fraction of sp³-hybridized carbons (Fsp3) is 0.192. The Morgan fingerprint density at radius 2 is 1.92 bits per heavy atom. The number of benzene rings is 2. The Hall–Kier alpha value is -4.44. The number of pyridine rings is 1. The van der Waals surface area contributed by atoms with E-state index in [-0.39, 0.29) is 5.52 Å². The number of halogens is 1. The van der Waals surface area contributed by atoms with E-state index in [1.807, 2.05) is 25.1 Å². The van der Waals surface area contributed by atoms with Gasteiger partial charge in [-0.3, -0.25) is 15.0 Å². The minimum atomic E-state index is -0.535. The first-order valence-electron chi connectivity index (χ1n) is 11.8. The van der Waals surface area contributed by atoms with Crippen molar-refractivity contribution in [2.24, 2.45) is 0 Å². The number of aryl methyl sites for hydroxylation is 1. The van der Waals surface area contributed by atoms with Crippen LogP contribution < -0.4 is 20.5 Å². The van der Waals surface area contributed by atoms with Gasteiger partial charge in [0, 0.05) is 23.2 Å². The Kier molecular flexibility index (Phi) is 5.72. The van der Waals surface area contributed by atoms with Crippen LogP contribution in [0.1, 0.15) is 29.4 Å². The van der Waals surface area contributed by atoms with Gasteiger partial charge in [-0.15, -0.1) is 10.2 Å². The van der Waals surface area contributed by atoms with E-state index in [2.05, 4.69) is 15.6 Å². The maximum absolute atomic E-state index is 13.2. The highest BCUT2D eigenvalue weighted by atomic mass is 35.5. The lowest BCUT2D eigenvalue weighted by molar-refractivity contribution is 0.101. The zero-order valence-electron chi connectivity index (χ0n) is 19.8. The molecule has 0 bridgehead atoms. The lowest BCUT2D eigenvalue weighted by Crippen LogP contribution is -2.33. The van der Waals surface area contributed by atoms with E-state index in [1.165, 1.54) is 6.20 Å². The standard InChI is InChI=1S/C26H21ClN6O4/c1-2-18-22(15-5-3-6-17(27)13-15)24-29-28-23-19(33(24)30-18)9-10-32(26(23)35)31-25(34)16-7-8-20-21(14-16)37-12-4-11-36-20/h3,5-10,13-14H,2,4,11-12H2,1H3,(H,31,34). The first kappa shape index (κ1) is 23.0. The highest BCUT2D eigenvalue weighted by molar-refractivity contribution is 6.30. The average Bonchev–Trinajstić information content (AvgIpc) is 3.13. The molecule has 0 saturated heterocycles. The molecule has 186 valence electrons. The van der Waals surface area contributed by atoms with E-state index in [1.54, 1.807) is 34.8 Å². The third-order valence-electron chi connectivity index (χ3n) is 6.13. The number of hydrogen-bond donors (Lipinski definition) is 1. The average molecular weight is 517 g/mol. The first-order chi connectivity index (χ1) is 18.0. The van der Waals surface area contributed by atoms with E-state index in [4.69, 9.17) is 26.2 Å². The molecule has 3 aromatic heterocycles. The van der Waals surface area contributed by atoms with E-state index in [0.29, 0.717) is 52.9 Å². The van der Waals surface area contributed by atoms with Gasteiger partial charge in [-0.05, 0) is 48.4 Å². The molecule has 6 rings (SSSR count). The van der Waals surface area contributed by atoms with Crippen molar-refractivity contribution in [1.29, 1.82) is 0 Å². The Bertz CT molecular complexity index is 1750. The molecule has 2 aromatic carbocycles. The quantitative estimate of drug-likeness (QED) is 0.386. The summed E-state index contributed by atoms with van der Waals surface area (Å²) < 4.78 is 14.0. The van der Waals surface area contributed by atoms with Gasteiger partial charge in [-0.25, -0.2) is 9.19 Å². The summed E-state index contributed by atoms with van der Waals surface area (Å²) in [5.74, 6) is 0.589. The molecule has 0 aliphatic carbocycles. The van der Waals surface area contributed by atoms with Crippen LogP contribution in [0.4, 0.5) is 0 Å². The van der Waals surface area contributed by atoms with E-state index >= 15 is 0 Å². The largest absolute Gasteiger partial charge is 0.490 e. The van der Waals surface area contributed by atoms with Gasteiger partial charge in [0.1, 0.15) is 5.52 Å². The second kappa shape index (κ2) is 9.21. The van der Waals surface area contributed by atoms with Crippen LogP contribution in [0.2, 0.25) is 5.02 Å². The van der Waals surface area contributed by atoms with E-state index in [0.717, 1.165) is 27.9 Å². The molecule has 11 heteroatoms. The molecule has 37 heavy (non-hydrogen) atoms. The van der Waals surface area contributed by atoms with Crippen LogP contribution in [0.25, 0.3) is 27.8 Å². The van der Waals surface area contributed by atoms with Gasteiger partial charge in [0.25, 0.3) is 11.5 Å². The smallest absolute Gasteiger partial charge is 0.299 e. The molecule has 0 spiro atoms. The molecule has 0 atom stereocenters. The summed E-state index contributed by atoms with van der Waals surface area (Å²) in [4.78, 5) is 26.2. The summed E-state index contributed by atoms with van der Waals surface area (Å²) in [6.45, 7) is 3.05. The second-order valence-electron chi connectivity index (χ2n) is 8.50. The molecular weight excluding hydrogens is 496 g/mol. The lowest BCUT2D eigenvalue weighted by atomic mass is 10.0. The number of nitrogens with one attached hydrogen (secondary N) is 1. The Balaban J connectivity index is 1.38. The van der Waals surface area contributed by atoms with Crippen molar-refractivity contribution in [2.45, 2.75) is 19.8 Å². The molecule has 10 nitrogen and oxygen atoms in total. The SMILES string of the molecule is CCc1nn2c(nnc3c(=O)n(NC(=O)c4ccc5c(c4)OCCCO5)ccc32)c1-c1cccc(Cl)c1. The van der Waals surface area contributed by atoms with Gasteiger partial charge < -0.3 is 9.47 Å². The number of carbonyl (C=O) groups is 1. The van der Waals surface area contributed by atoms with E-state index in [9.17, 15) is 9.59 Å². The van der Waals surface area contributed by atoms with Crippen molar-refractivity contribution in [3.63, 3.8) is 0 Å². The van der Waals surface area contributed by atoms with E-state index < -0.39 is 11.5 Å². The molecule has 0 unspecified atom stereocenters. The lowest BCUT2D eigenvalue weighted by Gasteiger charge is -2.11. The normalized spacial score (nSPS) is 13.0. The molecule has 1 N–H and O–H groups in total. The van der Waals surface area contributed by atoms with Gasteiger partial charge in [-0.1, -0.05) is 30.7 Å². The summed E-state index contributed by atoms with van der Waals surface area (Å²) in [6.07, 6.45) is 2.88.